The van der Waals surface area contributed by atoms with Crippen molar-refractivity contribution in [2.75, 3.05) is 21.3 Å². The number of benzene rings is 2. The van der Waals surface area contributed by atoms with Gasteiger partial charge in [0.1, 0.15) is 11.5 Å². The van der Waals surface area contributed by atoms with Gasteiger partial charge in [0.05, 0.1) is 38.2 Å². The zero-order valence-electron chi connectivity index (χ0n) is 17.1. The van der Waals surface area contributed by atoms with E-state index in [1.165, 1.54) is 0 Å². The van der Waals surface area contributed by atoms with Crippen molar-refractivity contribution >= 4 is 22.5 Å². The summed E-state index contributed by atoms with van der Waals surface area (Å²) >= 11 is 6.22. The van der Waals surface area contributed by atoms with Crippen LogP contribution < -0.4 is 9.47 Å². The number of halogens is 1. The monoisotopic (exact) mass is 423 g/mol. The predicted octanol–water partition coefficient (Wildman–Crippen LogP) is 5.19. The number of fused-ring (bicyclic) bond motifs is 1. The predicted molar refractivity (Wildman–Crippen MR) is 117 cm³/mol. The van der Waals surface area contributed by atoms with Crippen molar-refractivity contribution in [1.82, 2.24) is 15.0 Å². The SMILES string of the molecule is COc1ccc(OC)c(-c2nc3cc(Cl)ccc3cc2CN(C)Cc2ccno2)c1. The zero-order chi connectivity index (χ0) is 21.1. The van der Waals surface area contributed by atoms with Gasteiger partial charge in [0.2, 0.25) is 0 Å². The zero-order valence-corrected chi connectivity index (χ0v) is 17.8. The van der Waals surface area contributed by atoms with Gasteiger partial charge in [0.15, 0.2) is 5.76 Å². The van der Waals surface area contributed by atoms with Gasteiger partial charge in [-0.15, -0.1) is 0 Å². The summed E-state index contributed by atoms with van der Waals surface area (Å²) in [6.45, 7) is 1.29. The molecule has 7 heteroatoms. The molecule has 0 aliphatic heterocycles. The van der Waals surface area contributed by atoms with Crippen LogP contribution >= 0.6 is 11.6 Å². The molecule has 4 rings (SSSR count). The third-order valence-electron chi connectivity index (χ3n) is 4.88. The Kier molecular flexibility index (Phi) is 5.88. The topological polar surface area (TPSA) is 60.6 Å². The van der Waals surface area contributed by atoms with Crippen molar-refractivity contribution < 1.29 is 14.0 Å². The van der Waals surface area contributed by atoms with Crippen molar-refractivity contribution in [3.05, 3.63) is 71.1 Å². The molecular formula is C23H22ClN3O3. The number of pyridine rings is 1. The molecule has 6 nitrogen and oxygen atoms in total. The summed E-state index contributed by atoms with van der Waals surface area (Å²) in [7, 11) is 5.32. The Balaban J connectivity index is 1.83. The first-order valence-electron chi connectivity index (χ1n) is 9.47. The molecule has 0 aliphatic rings. The van der Waals surface area contributed by atoms with Gasteiger partial charge in [0, 0.05) is 28.6 Å². The Morgan fingerprint density at radius 1 is 1.00 bits per heavy atom. The van der Waals surface area contributed by atoms with Gasteiger partial charge in [-0.05, 0) is 49.0 Å². The average molecular weight is 424 g/mol. The second-order valence-corrected chi connectivity index (χ2v) is 7.49. The lowest BCUT2D eigenvalue weighted by atomic mass is 10.0. The summed E-state index contributed by atoms with van der Waals surface area (Å²) in [5, 5.41) is 5.45. The fourth-order valence-corrected chi connectivity index (χ4v) is 3.64. The lowest BCUT2D eigenvalue weighted by molar-refractivity contribution is 0.267. The maximum atomic E-state index is 6.22. The van der Waals surface area contributed by atoms with E-state index in [1.807, 2.05) is 49.5 Å². The van der Waals surface area contributed by atoms with E-state index in [0.29, 0.717) is 18.1 Å². The minimum absolute atomic E-state index is 0.632. The highest BCUT2D eigenvalue weighted by atomic mass is 35.5. The Labute approximate surface area is 180 Å². The fraction of sp³-hybridized carbons (Fsp3) is 0.217. The number of hydrogen-bond acceptors (Lipinski definition) is 6. The molecule has 0 atom stereocenters. The van der Waals surface area contributed by atoms with Crippen LogP contribution in [0.3, 0.4) is 0 Å². The second-order valence-electron chi connectivity index (χ2n) is 7.05. The van der Waals surface area contributed by atoms with Gasteiger partial charge in [-0.25, -0.2) is 4.98 Å². The van der Waals surface area contributed by atoms with Crippen molar-refractivity contribution in [2.24, 2.45) is 0 Å². The van der Waals surface area contributed by atoms with Crippen LogP contribution in [-0.2, 0) is 13.1 Å². The lowest BCUT2D eigenvalue weighted by Crippen LogP contribution is -2.18. The van der Waals surface area contributed by atoms with Gasteiger partial charge in [-0.2, -0.15) is 0 Å². The third kappa shape index (κ3) is 4.25. The van der Waals surface area contributed by atoms with Crippen LogP contribution in [0.5, 0.6) is 11.5 Å². The number of hydrogen-bond donors (Lipinski definition) is 0. The molecule has 0 aliphatic carbocycles. The van der Waals surface area contributed by atoms with E-state index in [9.17, 15) is 0 Å². The summed E-state index contributed by atoms with van der Waals surface area (Å²) in [5.41, 5.74) is 3.56. The maximum absolute atomic E-state index is 6.22. The van der Waals surface area contributed by atoms with Gasteiger partial charge < -0.3 is 14.0 Å². The van der Waals surface area contributed by atoms with Crippen LogP contribution in [0.4, 0.5) is 0 Å². The fourth-order valence-electron chi connectivity index (χ4n) is 3.47. The van der Waals surface area contributed by atoms with Gasteiger partial charge in [0.25, 0.3) is 0 Å². The average Bonchev–Trinajstić information content (AvgIpc) is 3.25. The molecule has 0 saturated heterocycles. The second kappa shape index (κ2) is 8.73. The normalized spacial score (nSPS) is 11.2. The highest BCUT2D eigenvalue weighted by Gasteiger charge is 2.17. The molecule has 0 unspecified atom stereocenters. The van der Waals surface area contributed by atoms with Crippen LogP contribution in [0.25, 0.3) is 22.2 Å². The number of nitrogens with zero attached hydrogens (tertiary/aromatic N) is 3. The van der Waals surface area contributed by atoms with Crippen LogP contribution in [0.2, 0.25) is 5.02 Å². The van der Waals surface area contributed by atoms with Crippen molar-refractivity contribution in [3.8, 4) is 22.8 Å². The standard InChI is InChI=1S/C23H22ClN3O3/c1-27(14-19-8-9-25-30-19)13-16-10-15-4-5-17(24)11-21(15)26-23(16)20-12-18(28-2)6-7-22(20)29-3/h4-12H,13-14H2,1-3H3. The van der Waals surface area contributed by atoms with E-state index in [-0.39, 0.29) is 0 Å². The Morgan fingerprint density at radius 3 is 2.60 bits per heavy atom. The molecule has 0 fully saturated rings. The molecule has 2 aromatic heterocycles. The molecule has 0 bridgehead atoms. The number of aromatic nitrogens is 2. The molecule has 0 N–H and O–H groups in total. The first kappa shape index (κ1) is 20.2. The molecule has 2 aromatic carbocycles. The Bertz CT molecular complexity index is 1160. The van der Waals surface area contributed by atoms with Crippen LogP contribution in [0.15, 0.2) is 59.3 Å². The Hall–Kier alpha value is -3.09. The van der Waals surface area contributed by atoms with Crippen molar-refractivity contribution in [3.63, 3.8) is 0 Å². The number of ether oxygens (including phenoxy) is 2. The molecule has 0 amide bonds. The van der Waals surface area contributed by atoms with E-state index in [4.69, 9.17) is 30.6 Å². The van der Waals surface area contributed by atoms with Crippen LogP contribution in [0.1, 0.15) is 11.3 Å². The molecule has 4 aromatic rings. The largest absolute Gasteiger partial charge is 0.497 e. The first-order chi connectivity index (χ1) is 14.6. The highest BCUT2D eigenvalue weighted by Crippen LogP contribution is 2.36. The maximum Gasteiger partial charge on any atom is 0.150 e. The van der Waals surface area contributed by atoms with E-state index in [0.717, 1.165) is 45.0 Å². The summed E-state index contributed by atoms with van der Waals surface area (Å²) in [6.07, 6.45) is 1.65. The summed E-state index contributed by atoms with van der Waals surface area (Å²) in [5.74, 6) is 2.27. The van der Waals surface area contributed by atoms with Gasteiger partial charge >= 0.3 is 0 Å². The quantitative estimate of drug-likeness (QED) is 0.407. The molecule has 30 heavy (non-hydrogen) atoms. The van der Waals surface area contributed by atoms with E-state index >= 15 is 0 Å². The third-order valence-corrected chi connectivity index (χ3v) is 5.11. The van der Waals surface area contributed by atoms with E-state index in [2.05, 4.69) is 16.1 Å². The van der Waals surface area contributed by atoms with Gasteiger partial charge in [-0.1, -0.05) is 22.8 Å². The highest BCUT2D eigenvalue weighted by molar-refractivity contribution is 6.31. The minimum Gasteiger partial charge on any atom is -0.497 e. The minimum atomic E-state index is 0.632. The first-order valence-corrected chi connectivity index (χ1v) is 9.85. The number of methoxy groups -OCH3 is 2. The van der Waals surface area contributed by atoms with Crippen LogP contribution in [-0.4, -0.2) is 36.3 Å². The van der Waals surface area contributed by atoms with E-state index in [1.54, 1.807) is 20.4 Å². The molecule has 2 heterocycles. The summed E-state index contributed by atoms with van der Waals surface area (Å²) in [4.78, 5) is 7.11. The molecule has 154 valence electrons. The lowest BCUT2D eigenvalue weighted by Gasteiger charge is -2.19. The van der Waals surface area contributed by atoms with Crippen molar-refractivity contribution in [2.45, 2.75) is 13.1 Å². The summed E-state index contributed by atoms with van der Waals surface area (Å²) < 4.78 is 16.3. The summed E-state index contributed by atoms with van der Waals surface area (Å²) in [6, 6.07) is 15.4. The van der Waals surface area contributed by atoms with Crippen molar-refractivity contribution in [1.29, 1.82) is 0 Å². The van der Waals surface area contributed by atoms with Gasteiger partial charge in [-0.3, -0.25) is 4.90 Å². The molecular weight excluding hydrogens is 402 g/mol. The van der Waals surface area contributed by atoms with E-state index < -0.39 is 0 Å². The molecule has 0 saturated carbocycles. The molecule has 0 spiro atoms. The van der Waals surface area contributed by atoms with Crippen LogP contribution in [0, 0.1) is 0 Å². The number of rotatable bonds is 7. The smallest absolute Gasteiger partial charge is 0.150 e. The Morgan fingerprint density at radius 2 is 1.87 bits per heavy atom. The molecule has 0 radical (unpaired) electrons.